The maximum absolute atomic E-state index is 5.56. The van der Waals surface area contributed by atoms with Gasteiger partial charge in [-0.15, -0.1) is 0 Å². The van der Waals surface area contributed by atoms with Crippen molar-refractivity contribution in [2.24, 2.45) is 0 Å². The molecule has 2 rings (SSSR count). The molecule has 1 heterocycles. The van der Waals surface area contributed by atoms with Crippen molar-refractivity contribution in [2.75, 3.05) is 18.0 Å². The summed E-state index contributed by atoms with van der Waals surface area (Å²) >= 11 is 0. The molecular formula is C15H21N3O. The van der Waals surface area contributed by atoms with E-state index < -0.39 is 0 Å². The van der Waals surface area contributed by atoms with Crippen LogP contribution in [0.15, 0.2) is 41.0 Å². The second-order valence-electron chi connectivity index (χ2n) is 4.40. The molecule has 0 aliphatic carbocycles. The lowest BCUT2D eigenvalue weighted by Crippen LogP contribution is -2.22. The van der Waals surface area contributed by atoms with Gasteiger partial charge in [0.05, 0.1) is 5.69 Å². The highest BCUT2D eigenvalue weighted by atomic mass is 16.4. The Bertz CT molecular complexity index is 481. The maximum atomic E-state index is 5.56. The van der Waals surface area contributed by atoms with E-state index in [0.717, 1.165) is 31.9 Å². The number of nitrogens with zero attached hydrogens (tertiary/aromatic N) is 2. The lowest BCUT2D eigenvalue weighted by atomic mass is 10.2. The van der Waals surface area contributed by atoms with Crippen molar-refractivity contribution in [3.05, 3.63) is 47.9 Å². The van der Waals surface area contributed by atoms with Crippen molar-refractivity contribution in [2.45, 2.75) is 26.9 Å². The van der Waals surface area contributed by atoms with E-state index in [2.05, 4.69) is 53.3 Å². The van der Waals surface area contributed by atoms with Gasteiger partial charge in [0.15, 0.2) is 0 Å². The van der Waals surface area contributed by atoms with Gasteiger partial charge in [-0.05, 0) is 19.0 Å². The monoisotopic (exact) mass is 259 g/mol. The molecule has 0 aliphatic heterocycles. The van der Waals surface area contributed by atoms with Crippen LogP contribution in [0, 0.1) is 0 Å². The van der Waals surface area contributed by atoms with Crippen LogP contribution in [-0.4, -0.2) is 18.1 Å². The second kappa shape index (κ2) is 6.95. The molecule has 0 fully saturated rings. The molecule has 0 bridgehead atoms. The first-order chi connectivity index (χ1) is 9.33. The standard InChI is InChI=1S/C15H21N3O/c1-3-16-10-14-12-19-15(17-14)18(4-2)11-13-8-6-5-7-9-13/h5-9,12,16H,3-4,10-11H2,1-2H3. The molecule has 4 heteroatoms. The third kappa shape index (κ3) is 3.83. The quantitative estimate of drug-likeness (QED) is 0.830. The summed E-state index contributed by atoms with van der Waals surface area (Å²) in [6, 6.07) is 11.1. The smallest absolute Gasteiger partial charge is 0.297 e. The van der Waals surface area contributed by atoms with E-state index in [9.17, 15) is 0 Å². The van der Waals surface area contributed by atoms with Crippen LogP contribution in [0.4, 0.5) is 6.01 Å². The van der Waals surface area contributed by atoms with E-state index in [4.69, 9.17) is 4.42 Å². The van der Waals surface area contributed by atoms with Crippen LogP contribution in [0.25, 0.3) is 0 Å². The van der Waals surface area contributed by atoms with Crippen LogP contribution in [0.5, 0.6) is 0 Å². The molecule has 0 aliphatic rings. The van der Waals surface area contributed by atoms with Gasteiger partial charge in [0.25, 0.3) is 6.01 Å². The average Bonchev–Trinajstić information content (AvgIpc) is 2.92. The molecular weight excluding hydrogens is 238 g/mol. The summed E-state index contributed by atoms with van der Waals surface area (Å²) in [5, 5.41) is 3.24. The van der Waals surface area contributed by atoms with Crippen molar-refractivity contribution in [1.82, 2.24) is 10.3 Å². The highest BCUT2D eigenvalue weighted by Crippen LogP contribution is 2.16. The first-order valence-corrected chi connectivity index (χ1v) is 6.77. The highest BCUT2D eigenvalue weighted by molar-refractivity contribution is 5.30. The predicted octanol–water partition coefficient (Wildman–Crippen LogP) is 2.81. The van der Waals surface area contributed by atoms with E-state index >= 15 is 0 Å². The van der Waals surface area contributed by atoms with Gasteiger partial charge in [-0.3, -0.25) is 0 Å². The zero-order valence-corrected chi connectivity index (χ0v) is 11.6. The number of nitrogens with one attached hydrogen (secondary N) is 1. The van der Waals surface area contributed by atoms with Gasteiger partial charge >= 0.3 is 0 Å². The van der Waals surface area contributed by atoms with Crippen molar-refractivity contribution >= 4 is 6.01 Å². The molecule has 0 unspecified atom stereocenters. The van der Waals surface area contributed by atoms with E-state index in [1.807, 2.05) is 6.07 Å². The van der Waals surface area contributed by atoms with Crippen LogP contribution in [-0.2, 0) is 13.1 Å². The lowest BCUT2D eigenvalue weighted by Gasteiger charge is -2.18. The Morgan fingerprint density at radius 2 is 2.00 bits per heavy atom. The van der Waals surface area contributed by atoms with E-state index in [1.54, 1.807) is 6.26 Å². The number of anilines is 1. The molecule has 0 spiro atoms. The number of hydrogen-bond donors (Lipinski definition) is 1. The summed E-state index contributed by atoms with van der Waals surface area (Å²) in [4.78, 5) is 6.64. The second-order valence-corrected chi connectivity index (χ2v) is 4.40. The van der Waals surface area contributed by atoms with E-state index in [1.165, 1.54) is 5.56 Å². The minimum atomic E-state index is 0.694. The Balaban J connectivity index is 2.03. The van der Waals surface area contributed by atoms with Crippen molar-refractivity contribution in [1.29, 1.82) is 0 Å². The normalized spacial score (nSPS) is 10.6. The third-order valence-electron chi connectivity index (χ3n) is 2.96. The molecule has 0 atom stereocenters. The van der Waals surface area contributed by atoms with Crippen molar-refractivity contribution in [3.63, 3.8) is 0 Å². The highest BCUT2D eigenvalue weighted by Gasteiger charge is 2.11. The van der Waals surface area contributed by atoms with Gasteiger partial charge < -0.3 is 14.6 Å². The molecule has 1 aromatic heterocycles. The average molecular weight is 259 g/mol. The molecule has 102 valence electrons. The first kappa shape index (κ1) is 13.6. The van der Waals surface area contributed by atoms with Gasteiger partial charge in [-0.2, -0.15) is 4.98 Å². The number of oxazole rings is 1. The summed E-state index contributed by atoms with van der Waals surface area (Å²) in [5.74, 6) is 0. The number of hydrogen-bond acceptors (Lipinski definition) is 4. The van der Waals surface area contributed by atoms with Gasteiger partial charge in [0, 0.05) is 19.6 Å². The molecule has 1 aromatic carbocycles. The van der Waals surface area contributed by atoms with Crippen LogP contribution in [0.3, 0.4) is 0 Å². The van der Waals surface area contributed by atoms with E-state index in [-0.39, 0.29) is 0 Å². The number of aromatic nitrogens is 1. The van der Waals surface area contributed by atoms with Crippen LogP contribution >= 0.6 is 0 Å². The zero-order chi connectivity index (χ0) is 13.5. The fourth-order valence-electron chi connectivity index (χ4n) is 1.89. The molecule has 19 heavy (non-hydrogen) atoms. The fraction of sp³-hybridized carbons (Fsp3) is 0.400. The van der Waals surface area contributed by atoms with Crippen LogP contribution in [0.2, 0.25) is 0 Å². The minimum absolute atomic E-state index is 0.694. The summed E-state index contributed by atoms with van der Waals surface area (Å²) in [7, 11) is 0. The molecule has 0 amide bonds. The van der Waals surface area contributed by atoms with Crippen LogP contribution in [0.1, 0.15) is 25.1 Å². The lowest BCUT2D eigenvalue weighted by molar-refractivity contribution is 0.533. The van der Waals surface area contributed by atoms with E-state index in [0.29, 0.717) is 6.01 Å². The van der Waals surface area contributed by atoms with Gasteiger partial charge in [0.2, 0.25) is 0 Å². The molecule has 0 saturated heterocycles. The summed E-state index contributed by atoms with van der Waals surface area (Å²) < 4.78 is 5.56. The molecule has 0 saturated carbocycles. The van der Waals surface area contributed by atoms with Crippen molar-refractivity contribution < 1.29 is 4.42 Å². The SMILES string of the molecule is CCNCc1coc(N(CC)Cc2ccccc2)n1. The fourth-order valence-corrected chi connectivity index (χ4v) is 1.89. The Kier molecular flexibility index (Phi) is 4.98. The minimum Gasteiger partial charge on any atom is -0.432 e. The maximum Gasteiger partial charge on any atom is 0.297 e. The van der Waals surface area contributed by atoms with Crippen LogP contribution < -0.4 is 10.2 Å². The largest absolute Gasteiger partial charge is 0.432 e. The molecule has 1 N–H and O–H groups in total. The molecule has 2 aromatic rings. The first-order valence-electron chi connectivity index (χ1n) is 6.77. The topological polar surface area (TPSA) is 41.3 Å². The number of benzene rings is 1. The zero-order valence-electron chi connectivity index (χ0n) is 11.6. The third-order valence-corrected chi connectivity index (χ3v) is 2.96. The summed E-state index contributed by atoms with van der Waals surface area (Å²) in [6.45, 7) is 7.56. The van der Waals surface area contributed by atoms with Gasteiger partial charge in [-0.25, -0.2) is 0 Å². The Labute approximate surface area is 114 Å². The van der Waals surface area contributed by atoms with Gasteiger partial charge in [0.1, 0.15) is 6.26 Å². The summed E-state index contributed by atoms with van der Waals surface area (Å²) in [5.41, 5.74) is 2.21. The number of rotatable bonds is 7. The summed E-state index contributed by atoms with van der Waals surface area (Å²) in [6.07, 6.45) is 1.73. The Morgan fingerprint density at radius 3 is 2.68 bits per heavy atom. The van der Waals surface area contributed by atoms with Crippen molar-refractivity contribution in [3.8, 4) is 0 Å². The predicted molar refractivity (Wildman–Crippen MR) is 77.0 cm³/mol. The van der Waals surface area contributed by atoms with Gasteiger partial charge in [-0.1, -0.05) is 37.3 Å². The molecule has 4 nitrogen and oxygen atoms in total. The Morgan fingerprint density at radius 1 is 1.21 bits per heavy atom. The molecule has 0 radical (unpaired) electrons. The Hall–Kier alpha value is -1.81.